The Kier molecular flexibility index (Phi) is 7.62. The summed E-state index contributed by atoms with van der Waals surface area (Å²) in [5.41, 5.74) is 4.12. The van der Waals surface area contributed by atoms with Gasteiger partial charge in [0.05, 0.1) is 26.3 Å². The normalized spacial score (nSPS) is 12.0. The molecule has 5 heteroatoms. The van der Waals surface area contributed by atoms with E-state index in [1.54, 1.807) is 32.4 Å². The average molecular weight is 435 g/mol. The highest BCUT2D eigenvalue weighted by atomic mass is 16.5. The maximum absolute atomic E-state index is 13.7. The third-order valence-corrected chi connectivity index (χ3v) is 6.05. The lowest BCUT2D eigenvalue weighted by Crippen LogP contribution is -2.41. The minimum Gasteiger partial charge on any atom is -0.497 e. The third kappa shape index (κ3) is 5.34. The van der Waals surface area contributed by atoms with E-state index in [2.05, 4.69) is 68.8 Å². The summed E-state index contributed by atoms with van der Waals surface area (Å²) in [5, 5.41) is 0. The molecule has 0 saturated heterocycles. The number of aromatic nitrogens is 1. The van der Waals surface area contributed by atoms with Gasteiger partial charge in [0, 0.05) is 30.5 Å². The van der Waals surface area contributed by atoms with Crippen LogP contribution in [-0.2, 0) is 13.1 Å². The van der Waals surface area contributed by atoms with Crippen LogP contribution in [-0.4, -0.2) is 35.6 Å². The van der Waals surface area contributed by atoms with E-state index >= 15 is 0 Å². The van der Waals surface area contributed by atoms with Gasteiger partial charge in [0.15, 0.2) is 0 Å². The predicted molar refractivity (Wildman–Crippen MR) is 128 cm³/mol. The van der Waals surface area contributed by atoms with Crippen LogP contribution in [0.3, 0.4) is 0 Å². The summed E-state index contributed by atoms with van der Waals surface area (Å²) in [6.07, 6.45) is 2.08. The standard InChI is InChI=1S/C27H34N2O3/c1-19(2)21(4)29(27(30)25-13-12-24(31-5)16-26(25)32-6)18-23-11-8-14-28(23)17-22-10-7-9-20(3)15-22/h7-16,19,21H,17-18H2,1-6H3. The molecule has 3 aromatic rings. The summed E-state index contributed by atoms with van der Waals surface area (Å²) in [4.78, 5) is 15.6. The van der Waals surface area contributed by atoms with Gasteiger partial charge in [-0.1, -0.05) is 43.7 Å². The molecule has 5 nitrogen and oxygen atoms in total. The van der Waals surface area contributed by atoms with Crippen molar-refractivity contribution in [2.45, 2.75) is 46.8 Å². The Hall–Kier alpha value is -3.21. The van der Waals surface area contributed by atoms with Gasteiger partial charge in [0.1, 0.15) is 11.5 Å². The number of amides is 1. The fraction of sp³-hybridized carbons (Fsp3) is 0.370. The lowest BCUT2D eigenvalue weighted by atomic mass is 10.0. The van der Waals surface area contributed by atoms with Crippen LogP contribution in [0, 0.1) is 12.8 Å². The molecule has 1 atom stereocenters. The Morgan fingerprint density at radius 2 is 1.78 bits per heavy atom. The lowest BCUT2D eigenvalue weighted by molar-refractivity contribution is 0.0619. The molecule has 0 aliphatic rings. The van der Waals surface area contributed by atoms with Crippen LogP contribution in [0.1, 0.15) is 48.0 Å². The summed E-state index contributed by atoms with van der Waals surface area (Å²) in [5.74, 6) is 1.44. The van der Waals surface area contributed by atoms with Gasteiger partial charge in [-0.2, -0.15) is 0 Å². The smallest absolute Gasteiger partial charge is 0.258 e. The third-order valence-electron chi connectivity index (χ3n) is 6.05. The zero-order chi connectivity index (χ0) is 23.3. The van der Waals surface area contributed by atoms with Gasteiger partial charge in [-0.25, -0.2) is 0 Å². The number of carbonyl (C=O) groups is 1. The van der Waals surface area contributed by atoms with Crippen LogP contribution >= 0.6 is 0 Å². The molecule has 1 aromatic heterocycles. The van der Waals surface area contributed by atoms with Crippen molar-refractivity contribution < 1.29 is 14.3 Å². The maximum Gasteiger partial charge on any atom is 0.258 e. The number of benzene rings is 2. The molecule has 170 valence electrons. The Morgan fingerprint density at radius 1 is 1.00 bits per heavy atom. The summed E-state index contributed by atoms with van der Waals surface area (Å²) in [7, 11) is 3.18. The van der Waals surface area contributed by atoms with Gasteiger partial charge in [-0.15, -0.1) is 0 Å². The molecular weight excluding hydrogens is 400 g/mol. The monoisotopic (exact) mass is 434 g/mol. The lowest BCUT2D eigenvalue weighted by Gasteiger charge is -2.33. The van der Waals surface area contributed by atoms with Crippen LogP contribution in [0.2, 0.25) is 0 Å². The van der Waals surface area contributed by atoms with E-state index < -0.39 is 0 Å². The minimum atomic E-state index is -0.0472. The SMILES string of the molecule is COc1ccc(C(=O)N(Cc2cccn2Cc2cccc(C)c2)C(C)C(C)C)c(OC)c1. The van der Waals surface area contributed by atoms with Gasteiger partial charge < -0.3 is 18.9 Å². The second-order valence-corrected chi connectivity index (χ2v) is 8.60. The van der Waals surface area contributed by atoms with E-state index in [0.29, 0.717) is 29.5 Å². The van der Waals surface area contributed by atoms with Crippen LogP contribution in [0.25, 0.3) is 0 Å². The largest absolute Gasteiger partial charge is 0.497 e. The number of nitrogens with zero attached hydrogens (tertiary/aromatic N) is 2. The van der Waals surface area contributed by atoms with E-state index in [1.807, 2.05) is 11.0 Å². The number of methoxy groups -OCH3 is 2. The van der Waals surface area contributed by atoms with Crippen molar-refractivity contribution in [2.24, 2.45) is 5.92 Å². The van der Waals surface area contributed by atoms with Crippen molar-refractivity contribution >= 4 is 5.91 Å². The van der Waals surface area contributed by atoms with E-state index in [-0.39, 0.29) is 11.9 Å². The van der Waals surface area contributed by atoms with Gasteiger partial charge in [0.25, 0.3) is 5.91 Å². The average Bonchev–Trinajstić information content (AvgIpc) is 3.22. The van der Waals surface area contributed by atoms with Crippen molar-refractivity contribution in [3.8, 4) is 11.5 Å². The highest BCUT2D eigenvalue weighted by molar-refractivity contribution is 5.97. The van der Waals surface area contributed by atoms with Crippen molar-refractivity contribution in [2.75, 3.05) is 14.2 Å². The van der Waals surface area contributed by atoms with Gasteiger partial charge >= 0.3 is 0 Å². The molecule has 2 aromatic carbocycles. The van der Waals surface area contributed by atoms with E-state index in [9.17, 15) is 4.79 Å². The number of aryl methyl sites for hydroxylation is 1. The highest BCUT2D eigenvalue weighted by Gasteiger charge is 2.27. The fourth-order valence-electron chi connectivity index (χ4n) is 3.82. The minimum absolute atomic E-state index is 0.0472. The molecule has 0 N–H and O–H groups in total. The van der Waals surface area contributed by atoms with Crippen molar-refractivity contribution in [3.63, 3.8) is 0 Å². The second-order valence-electron chi connectivity index (χ2n) is 8.60. The van der Waals surface area contributed by atoms with Crippen LogP contribution in [0.15, 0.2) is 60.8 Å². The van der Waals surface area contributed by atoms with Crippen LogP contribution in [0.4, 0.5) is 0 Å². The predicted octanol–water partition coefficient (Wildman–Crippen LogP) is 5.55. The molecule has 1 heterocycles. The molecule has 0 spiro atoms. The first-order valence-corrected chi connectivity index (χ1v) is 11.1. The Balaban J connectivity index is 1.92. The number of rotatable bonds is 9. The highest BCUT2D eigenvalue weighted by Crippen LogP contribution is 2.28. The second kappa shape index (κ2) is 10.4. The molecule has 32 heavy (non-hydrogen) atoms. The van der Waals surface area contributed by atoms with E-state index in [0.717, 1.165) is 12.2 Å². The number of ether oxygens (including phenoxy) is 2. The topological polar surface area (TPSA) is 43.7 Å². The number of carbonyl (C=O) groups excluding carboxylic acids is 1. The zero-order valence-corrected chi connectivity index (χ0v) is 20.0. The van der Waals surface area contributed by atoms with E-state index in [4.69, 9.17) is 9.47 Å². The summed E-state index contributed by atoms with van der Waals surface area (Å²) in [6.45, 7) is 9.78. The fourth-order valence-corrected chi connectivity index (χ4v) is 3.82. The van der Waals surface area contributed by atoms with Crippen molar-refractivity contribution in [3.05, 3.63) is 83.2 Å². The first-order valence-electron chi connectivity index (χ1n) is 11.1. The van der Waals surface area contributed by atoms with Gasteiger partial charge in [-0.3, -0.25) is 4.79 Å². The Morgan fingerprint density at radius 3 is 2.44 bits per heavy atom. The number of hydrogen-bond acceptors (Lipinski definition) is 3. The molecule has 1 amide bonds. The van der Waals surface area contributed by atoms with Crippen molar-refractivity contribution in [1.82, 2.24) is 9.47 Å². The van der Waals surface area contributed by atoms with Crippen LogP contribution < -0.4 is 9.47 Å². The summed E-state index contributed by atoms with van der Waals surface area (Å²) < 4.78 is 13.0. The molecule has 0 saturated carbocycles. The van der Waals surface area contributed by atoms with Crippen molar-refractivity contribution in [1.29, 1.82) is 0 Å². The first kappa shape index (κ1) is 23.5. The molecule has 3 rings (SSSR count). The summed E-state index contributed by atoms with van der Waals surface area (Å²) >= 11 is 0. The zero-order valence-electron chi connectivity index (χ0n) is 20.0. The molecule has 0 aliphatic heterocycles. The summed E-state index contributed by atoms with van der Waals surface area (Å²) in [6, 6.07) is 18.1. The molecular formula is C27H34N2O3. The molecule has 1 unspecified atom stereocenters. The van der Waals surface area contributed by atoms with Gasteiger partial charge in [0.2, 0.25) is 0 Å². The number of hydrogen-bond donors (Lipinski definition) is 0. The van der Waals surface area contributed by atoms with Crippen LogP contribution in [0.5, 0.6) is 11.5 Å². The Labute approximate surface area is 191 Å². The quantitative estimate of drug-likeness (QED) is 0.444. The maximum atomic E-state index is 13.7. The molecule has 0 bridgehead atoms. The molecule has 0 aliphatic carbocycles. The van der Waals surface area contributed by atoms with Gasteiger partial charge in [-0.05, 0) is 49.6 Å². The molecule has 0 fully saturated rings. The molecule has 0 radical (unpaired) electrons. The Bertz CT molecular complexity index is 1050. The van der Waals surface area contributed by atoms with E-state index in [1.165, 1.54) is 11.1 Å². The first-order chi connectivity index (χ1) is 15.3.